The fraction of sp³-hybridized carbons (Fsp3) is 0.357. The molecule has 130 valence electrons. The van der Waals surface area contributed by atoms with Crippen molar-refractivity contribution < 1.29 is 26.3 Å². The van der Waals surface area contributed by atoms with Crippen LogP contribution in [-0.2, 0) is 22.9 Å². The van der Waals surface area contributed by atoms with E-state index in [0.29, 0.717) is 0 Å². The molecule has 1 heterocycles. The summed E-state index contributed by atoms with van der Waals surface area (Å²) in [6.07, 6.45) is -1.01. The second-order valence-corrected chi connectivity index (χ2v) is 7.99. The van der Waals surface area contributed by atoms with Gasteiger partial charge in [-0.2, -0.15) is 0 Å². The van der Waals surface area contributed by atoms with Crippen molar-refractivity contribution >= 4 is 26.5 Å². The van der Waals surface area contributed by atoms with Gasteiger partial charge in [0.1, 0.15) is 5.75 Å². The number of alkyl halides is 3. The van der Waals surface area contributed by atoms with Gasteiger partial charge in [-0.15, -0.1) is 24.5 Å². The van der Waals surface area contributed by atoms with Crippen LogP contribution in [0.1, 0.15) is 23.4 Å². The van der Waals surface area contributed by atoms with E-state index in [1.165, 1.54) is 11.3 Å². The molecule has 1 N–H and O–H groups in total. The van der Waals surface area contributed by atoms with Crippen LogP contribution in [0.2, 0.25) is 0 Å². The average Bonchev–Trinajstić information content (AvgIpc) is 2.87. The van der Waals surface area contributed by atoms with Crippen molar-refractivity contribution in [3.05, 3.63) is 34.8 Å². The molecule has 2 aromatic rings. The lowest BCUT2D eigenvalue weighted by Crippen LogP contribution is -2.17. The summed E-state index contributed by atoms with van der Waals surface area (Å²) in [4.78, 5) is 5.20. The Morgan fingerprint density at radius 1 is 1.12 bits per heavy atom. The van der Waals surface area contributed by atoms with Gasteiger partial charge < -0.3 is 4.74 Å². The molecule has 0 unspecified atom stereocenters. The molecule has 0 saturated carbocycles. The zero-order chi connectivity index (χ0) is 17.4. The van der Waals surface area contributed by atoms with Gasteiger partial charge in [-0.3, -0.25) is 4.72 Å². The van der Waals surface area contributed by atoms with E-state index in [-0.39, 0.29) is 10.0 Å². The number of ether oxygens (including phenoxy) is 1. The lowest BCUT2D eigenvalue weighted by molar-refractivity contribution is -0.274. The van der Waals surface area contributed by atoms with Crippen molar-refractivity contribution in [3.63, 3.8) is 0 Å². The number of aromatic nitrogens is 1. The first-order valence-corrected chi connectivity index (χ1v) is 9.40. The Balaban J connectivity index is 1.76. The first-order chi connectivity index (χ1) is 11.2. The molecule has 0 bridgehead atoms. The van der Waals surface area contributed by atoms with Crippen LogP contribution >= 0.6 is 11.3 Å². The number of halogens is 3. The number of benzene rings is 1. The fourth-order valence-corrected chi connectivity index (χ4v) is 4.67. The molecule has 1 aliphatic carbocycles. The van der Waals surface area contributed by atoms with Crippen molar-refractivity contribution in [3.8, 4) is 5.75 Å². The van der Waals surface area contributed by atoms with E-state index >= 15 is 0 Å². The number of hydrogen-bond donors (Lipinski definition) is 1. The number of nitrogens with zero attached hydrogens (tertiary/aromatic N) is 1. The van der Waals surface area contributed by atoms with Crippen molar-refractivity contribution in [1.82, 2.24) is 4.98 Å². The Morgan fingerprint density at radius 2 is 1.79 bits per heavy atom. The van der Waals surface area contributed by atoms with E-state index in [4.69, 9.17) is 0 Å². The standard InChI is InChI=1S/C14H13F3N2O3S2/c15-14(16,17)22-9-5-7-10(8-6-9)24(20,21)19-13-18-11-3-1-2-4-12(11)23-13/h5-8H,1-4H2,(H,18,19). The molecule has 1 aromatic carbocycles. The monoisotopic (exact) mass is 378 g/mol. The Morgan fingerprint density at radius 3 is 2.42 bits per heavy atom. The van der Waals surface area contributed by atoms with E-state index in [1.54, 1.807) is 0 Å². The van der Waals surface area contributed by atoms with Crippen molar-refractivity contribution in [2.45, 2.75) is 36.9 Å². The molecular formula is C14H13F3N2O3S2. The zero-order valence-corrected chi connectivity index (χ0v) is 13.9. The number of sulfonamides is 1. The van der Waals surface area contributed by atoms with E-state index in [2.05, 4.69) is 14.4 Å². The van der Waals surface area contributed by atoms with Gasteiger partial charge in [-0.1, -0.05) is 0 Å². The van der Waals surface area contributed by atoms with Gasteiger partial charge in [0.2, 0.25) is 0 Å². The van der Waals surface area contributed by atoms with Crippen LogP contribution in [-0.4, -0.2) is 19.8 Å². The summed E-state index contributed by atoms with van der Waals surface area (Å²) >= 11 is 1.29. The summed E-state index contributed by atoms with van der Waals surface area (Å²) < 4.78 is 67.0. The number of aryl methyl sites for hydroxylation is 2. The second-order valence-electron chi connectivity index (χ2n) is 5.22. The van der Waals surface area contributed by atoms with Gasteiger partial charge >= 0.3 is 6.36 Å². The van der Waals surface area contributed by atoms with Gasteiger partial charge in [0.25, 0.3) is 10.0 Å². The predicted molar refractivity (Wildman–Crippen MR) is 82.7 cm³/mol. The van der Waals surface area contributed by atoms with Crippen LogP contribution in [0.3, 0.4) is 0 Å². The number of anilines is 1. The maximum atomic E-state index is 12.3. The lowest BCUT2D eigenvalue weighted by atomic mass is 10.0. The molecule has 24 heavy (non-hydrogen) atoms. The third-order valence-corrected chi connectivity index (χ3v) is 5.99. The largest absolute Gasteiger partial charge is 0.573 e. The van der Waals surface area contributed by atoms with Crippen LogP contribution in [0.4, 0.5) is 18.3 Å². The first kappa shape index (κ1) is 17.0. The maximum Gasteiger partial charge on any atom is 0.573 e. The third kappa shape index (κ3) is 3.99. The van der Waals surface area contributed by atoms with Crippen LogP contribution < -0.4 is 9.46 Å². The van der Waals surface area contributed by atoms with Gasteiger partial charge in [0.05, 0.1) is 10.6 Å². The van der Waals surface area contributed by atoms with Gasteiger partial charge in [-0.25, -0.2) is 13.4 Å². The van der Waals surface area contributed by atoms with Crippen LogP contribution in [0.5, 0.6) is 5.75 Å². The highest BCUT2D eigenvalue weighted by molar-refractivity contribution is 7.93. The molecule has 1 aromatic heterocycles. The van der Waals surface area contributed by atoms with E-state index in [1.807, 2.05) is 0 Å². The smallest absolute Gasteiger partial charge is 0.406 e. The van der Waals surface area contributed by atoms with E-state index < -0.39 is 22.1 Å². The van der Waals surface area contributed by atoms with E-state index in [0.717, 1.165) is 60.5 Å². The number of nitrogens with one attached hydrogen (secondary N) is 1. The molecule has 1 aliphatic rings. The Labute approximate surface area is 140 Å². The quantitative estimate of drug-likeness (QED) is 0.880. The summed E-state index contributed by atoms with van der Waals surface area (Å²) in [5.41, 5.74) is 0.915. The van der Waals surface area contributed by atoms with Crippen molar-refractivity contribution in [2.24, 2.45) is 0 Å². The lowest BCUT2D eigenvalue weighted by Gasteiger charge is -2.09. The van der Waals surface area contributed by atoms with Gasteiger partial charge in [0, 0.05) is 4.88 Å². The zero-order valence-electron chi connectivity index (χ0n) is 12.3. The highest BCUT2D eigenvalue weighted by Crippen LogP contribution is 2.31. The molecule has 0 fully saturated rings. The first-order valence-electron chi connectivity index (χ1n) is 7.10. The number of hydrogen-bond acceptors (Lipinski definition) is 5. The molecular weight excluding hydrogens is 365 g/mol. The molecule has 0 aliphatic heterocycles. The van der Waals surface area contributed by atoms with Crippen LogP contribution in [0.15, 0.2) is 29.2 Å². The molecule has 3 rings (SSSR count). The second kappa shape index (κ2) is 6.25. The Kier molecular flexibility index (Phi) is 4.43. The third-order valence-electron chi connectivity index (χ3n) is 3.43. The highest BCUT2D eigenvalue weighted by Gasteiger charge is 2.31. The van der Waals surface area contributed by atoms with Gasteiger partial charge in [-0.05, 0) is 49.9 Å². The minimum atomic E-state index is -4.82. The molecule has 0 radical (unpaired) electrons. The maximum absolute atomic E-state index is 12.3. The Hall–Kier alpha value is -1.81. The molecule has 0 spiro atoms. The molecule has 0 amide bonds. The summed E-state index contributed by atoms with van der Waals surface area (Å²) in [7, 11) is -3.91. The summed E-state index contributed by atoms with van der Waals surface area (Å²) in [6.45, 7) is 0. The molecule has 0 atom stereocenters. The molecule has 5 nitrogen and oxygen atoms in total. The van der Waals surface area contributed by atoms with Gasteiger partial charge in [0.15, 0.2) is 5.13 Å². The topological polar surface area (TPSA) is 68.3 Å². The SMILES string of the molecule is O=S(=O)(Nc1nc2c(s1)CCCC2)c1ccc(OC(F)(F)F)cc1. The minimum absolute atomic E-state index is 0.162. The average molecular weight is 378 g/mol. The van der Waals surface area contributed by atoms with Crippen molar-refractivity contribution in [2.75, 3.05) is 4.72 Å². The fourth-order valence-electron chi connectivity index (χ4n) is 2.39. The predicted octanol–water partition coefficient (Wildman–Crippen LogP) is 3.72. The van der Waals surface area contributed by atoms with E-state index in [9.17, 15) is 21.6 Å². The highest BCUT2D eigenvalue weighted by atomic mass is 32.2. The Bertz CT molecular complexity index is 806. The normalized spacial score (nSPS) is 15.0. The van der Waals surface area contributed by atoms with Crippen LogP contribution in [0.25, 0.3) is 0 Å². The minimum Gasteiger partial charge on any atom is -0.406 e. The van der Waals surface area contributed by atoms with Crippen LogP contribution in [0, 0.1) is 0 Å². The summed E-state index contributed by atoms with van der Waals surface area (Å²) in [6, 6.07) is 4.01. The molecule has 0 saturated heterocycles. The number of fused-ring (bicyclic) bond motifs is 1. The summed E-state index contributed by atoms with van der Waals surface area (Å²) in [5, 5.41) is 0.275. The number of thiazole rings is 1. The summed E-state index contributed by atoms with van der Waals surface area (Å²) in [5.74, 6) is -0.480. The number of rotatable bonds is 4. The van der Waals surface area contributed by atoms with Crippen molar-refractivity contribution in [1.29, 1.82) is 0 Å². The molecule has 10 heteroatoms.